The molecule has 22 heavy (non-hydrogen) atoms. The molecule has 0 aliphatic carbocycles. The van der Waals surface area contributed by atoms with Crippen LogP contribution in [0.4, 0.5) is 4.79 Å². The molecule has 2 aromatic rings. The van der Waals surface area contributed by atoms with Crippen LogP contribution in [0.5, 0.6) is 0 Å². The van der Waals surface area contributed by atoms with Crippen molar-refractivity contribution in [2.45, 2.75) is 26.5 Å². The van der Waals surface area contributed by atoms with Crippen LogP contribution in [0.2, 0.25) is 0 Å². The number of aryl methyl sites for hydroxylation is 2. The number of carbonyl (C=O) groups excluding carboxylic acids is 1. The number of amides is 1. The van der Waals surface area contributed by atoms with Crippen molar-refractivity contribution in [3.8, 4) is 0 Å². The van der Waals surface area contributed by atoms with Gasteiger partial charge in [-0.2, -0.15) is 0 Å². The summed E-state index contributed by atoms with van der Waals surface area (Å²) >= 11 is 0. The van der Waals surface area contributed by atoms with E-state index in [1.165, 1.54) is 5.56 Å². The molecule has 4 nitrogen and oxygen atoms in total. The van der Waals surface area contributed by atoms with E-state index in [-0.39, 0.29) is 13.2 Å². The fourth-order valence-corrected chi connectivity index (χ4v) is 2.12. The number of hydrogen-bond donors (Lipinski definition) is 2. The lowest BCUT2D eigenvalue weighted by molar-refractivity contribution is 0.129. The topological polar surface area (TPSA) is 58.6 Å². The van der Waals surface area contributed by atoms with E-state index >= 15 is 0 Å². The number of nitrogens with one attached hydrogen (secondary N) is 1. The van der Waals surface area contributed by atoms with E-state index in [0.29, 0.717) is 0 Å². The highest BCUT2D eigenvalue weighted by atomic mass is 16.5. The summed E-state index contributed by atoms with van der Waals surface area (Å²) in [6.45, 7) is 4.05. The smallest absolute Gasteiger partial charge is 0.408 e. The average Bonchev–Trinajstić information content (AvgIpc) is 2.54. The van der Waals surface area contributed by atoms with Crippen molar-refractivity contribution in [2.75, 3.05) is 6.61 Å². The summed E-state index contributed by atoms with van der Waals surface area (Å²) < 4.78 is 5.17. The largest absolute Gasteiger partial charge is 0.445 e. The van der Waals surface area contributed by atoms with Crippen LogP contribution in [-0.2, 0) is 11.3 Å². The van der Waals surface area contributed by atoms with Crippen molar-refractivity contribution in [3.63, 3.8) is 0 Å². The highest BCUT2D eigenvalue weighted by Crippen LogP contribution is 2.17. The second kappa shape index (κ2) is 7.61. The average molecular weight is 299 g/mol. The maximum Gasteiger partial charge on any atom is 0.408 e. The number of aliphatic hydroxyl groups excluding tert-OH is 1. The highest BCUT2D eigenvalue weighted by Gasteiger charge is 2.15. The van der Waals surface area contributed by atoms with E-state index < -0.39 is 12.1 Å². The standard InChI is InChI=1S/C18H21NO3/c1-13-8-9-16(10-14(13)2)17(11-20)19-18(21)22-12-15-6-4-3-5-7-15/h3-10,17,20H,11-12H2,1-2H3,(H,19,21). The Labute approximate surface area is 130 Å². The lowest BCUT2D eigenvalue weighted by Gasteiger charge is -2.17. The van der Waals surface area contributed by atoms with Gasteiger partial charge in [0.2, 0.25) is 0 Å². The van der Waals surface area contributed by atoms with Gasteiger partial charge in [0.25, 0.3) is 0 Å². The second-order valence-corrected chi connectivity index (χ2v) is 5.28. The van der Waals surface area contributed by atoms with E-state index in [2.05, 4.69) is 5.32 Å². The first-order valence-electron chi connectivity index (χ1n) is 7.25. The lowest BCUT2D eigenvalue weighted by atomic mass is 10.0. The molecule has 0 aromatic heterocycles. The van der Waals surface area contributed by atoms with E-state index in [4.69, 9.17) is 4.74 Å². The number of ether oxygens (including phenoxy) is 1. The third-order valence-electron chi connectivity index (χ3n) is 3.62. The minimum Gasteiger partial charge on any atom is -0.445 e. The van der Waals surface area contributed by atoms with Crippen molar-refractivity contribution < 1.29 is 14.6 Å². The zero-order valence-electron chi connectivity index (χ0n) is 12.9. The number of benzene rings is 2. The van der Waals surface area contributed by atoms with Gasteiger partial charge < -0.3 is 15.2 Å². The Morgan fingerprint density at radius 2 is 1.86 bits per heavy atom. The number of carbonyl (C=O) groups is 1. The van der Waals surface area contributed by atoms with Gasteiger partial charge in [-0.1, -0.05) is 48.5 Å². The van der Waals surface area contributed by atoms with Crippen LogP contribution in [0.1, 0.15) is 28.3 Å². The molecule has 0 bridgehead atoms. The molecule has 0 aliphatic rings. The van der Waals surface area contributed by atoms with Crippen LogP contribution >= 0.6 is 0 Å². The molecule has 0 aliphatic heterocycles. The molecule has 2 aromatic carbocycles. The van der Waals surface area contributed by atoms with Gasteiger partial charge in [-0.05, 0) is 36.1 Å². The molecule has 0 heterocycles. The molecule has 1 amide bonds. The van der Waals surface area contributed by atoms with Crippen LogP contribution in [-0.4, -0.2) is 17.8 Å². The van der Waals surface area contributed by atoms with Gasteiger partial charge >= 0.3 is 6.09 Å². The summed E-state index contributed by atoms with van der Waals surface area (Å²) in [5.74, 6) is 0. The van der Waals surface area contributed by atoms with Gasteiger partial charge in [0.15, 0.2) is 0 Å². The predicted octanol–water partition coefficient (Wildman–Crippen LogP) is 3.26. The molecule has 1 unspecified atom stereocenters. The van der Waals surface area contributed by atoms with Crippen molar-refractivity contribution >= 4 is 6.09 Å². The molecule has 0 fully saturated rings. The Morgan fingerprint density at radius 1 is 1.14 bits per heavy atom. The Morgan fingerprint density at radius 3 is 2.50 bits per heavy atom. The van der Waals surface area contributed by atoms with Crippen LogP contribution in [0.25, 0.3) is 0 Å². The van der Waals surface area contributed by atoms with Crippen LogP contribution in [0, 0.1) is 13.8 Å². The maximum absolute atomic E-state index is 11.9. The molecule has 1 atom stereocenters. The van der Waals surface area contributed by atoms with E-state index in [0.717, 1.165) is 16.7 Å². The minimum atomic E-state index is -0.541. The summed E-state index contributed by atoms with van der Waals surface area (Å²) in [5, 5.41) is 12.2. The lowest BCUT2D eigenvalue weighted by Crippen LogP contribution is -2.31. The molecule has 0 radical (unpaired) electrons. The summed E-state index contributed by atoms with van der Waals surface area (Å²) in [6.07, 6.45) is -0.541. The summed E-state index contributed by atoms with van der Waals surface area (Å²) in [4.78, 5) is 11.9. The molecular weight excluding hydrogens is 278 g/mol. The molecule has 0 saturated carbocycles. The van der Waals surface area contributed by atoms with Crippen molar-refractivity contribution in [1.29, 1.82) is 0 Å². The number of rotatable bonds is 5. The summed E-state index contributed by atoms with van der Waals surface area (Å²) in [6, 6.07) is 14.8. The first-order valence-corrected chi connectivity index (χ1v) is 7.25. The normalized spacial score (nSPS) is 11.8. The predicted molar refractivity (Wildman–Crippen MR) is 85.5 cm³/mol. The molecule has 2 N–H and O–H groups in total. The van der Waals surface area contributed by atoms with Crippen molar-refractivity contribution in [2.24, 2.45) is 0 Å². The van der Waals surface area contributed by atoms with E-state index in [1.807, 2.05) is 62.4 Å². The number of aliphatic hydroxyl groups is 1. The zero-order chi connectivity index (χ0) is 15.9. The van der Waals surface area contributed by atoms with E-state index in [9.17, 15) is 9.90 Å². The zero-order valence-corrected chi connectivity index (χ0v) is 12.9. The summed E-state index contributed by atoms with van der Waals surface area (Å²) in [5.41, 5.74) is 4.08. The van der Waals surface area contributed by atoms with Crippen LogP contribution < -0.4 is 5.32 Å². The quantitative estimate of drug-likeness (QED) is 0.891. The summed E-state index contributed by atoms with van der Waals surface area (Å²) in [7, 11) is 0. The first kappa shape index (κ1) is 16.0. The van der Waals surface area contributed by atoms with Gasteiger partial charge in [-0.3, -0.25) is 0 Å². The van der Waals surface area contributed by atoms with Gasteiger partial charge in [-0.15, -0.1) is 0 Å². The second-order valence-electron chi connectivity index (χ2n) is 5.28. The van der Waals surface area contributed by atoms with Crippen molar-refractivity contribution in [1.82, 2.24) is 5.32 Å². The monoisotopic (exact) mass is 299 g/mol. The first-order chi connectivity index (χ1) is 10.6. The molecule has 2 rings (SSSR count). The number of alkyl carbamates (subject to hydrolysis) is 1. The fourth-order valence-electron chi connectivity index (χ4n) is 2.12. The van der Waals surface area contributed by atoms with Gasteiger partial charge in [0, 0.05) is 0 Å². The highest BCUT2D eigenvalue weighted by molar-refractivity contribution is 5.68. The Hall–Kier alpha value is -2.33. The van der Waals surface area contributed by atoms with E-state index in [1.54, 1.807) is 0 Å². The van der Waals surface area contributed by atoms with Crippen LogP contribution in [0.3, 0.4) is 0 Å². The molecular formula is C18H21NO3. The van der Waals surface area contributed by atoms with Gasteiger partial charge in [0.1, 0.15) is 6.61 Å². The van der Waals surface area contributed by atoms with Crippen molar-refractivity contribution in [3.05, 3.63) is 70.8 Å². The molecule has 0 saturated heterocycles. The molecule has 0 spiro atoms. The Kier molecular flexibility index (Phi) is 5.55. The third-order valence-corrected chi connectivity index (χ3v) is 3.62. The Bertz CT molecular complexity index is 625. The van der Waals surface area contributed by atoms with Gasteiger partial charge in [-0.25, -0.2) is 4.79 Å². The molecule has 4 heteroatoms. The third kappa shape index (κ3) is 4.33. The SMILES string of the molecule is Cc1ccc(C(CO)NC(=O)OCc2ccccc2)cc1C. The van der Waals surface area contributed by atoms with Gasteiger partial charge in [0.05, 0.1) is 12.6 Å². The number of hydrogen-bond acceptors (Lipinski definition) is 3. The fraction of sp³-hybridized carbons (Fsp3) is 0.278. The molecule has 116 valence electrons. The minimum absolute atomic E-state index is 0.178. The van der Waals surface area contributed by atoms with Crippen LogP contribution in [0.15, 0.2) is 48.5 Å². The Balaban J connectivity index is 1.94. The maximum atomic E-state index is 11.9.